The first-order valence-corrected chi connectivity index (χ1v) is 10.1. The van der Waals surface area contributed by atoms with Crippen LogP contribution in [0.3, 0.4) is 0 Å². The van der Waals surface area contributed by atoms with Crippen LogP contribution in [-0.4, -0.2) is 86.6 Å². The number of carbonyl (C=O) groups excluding carboxylic acids is 1. The first-order valence-electron chi connectivity index (χ1n) is 10.1. The van der Waals surface area contributed by atoms with E-state index in [-0.39, 0.29) is 5.91 Å². The van der Waals surface area contributed by atoms with Gasteiger partial charge in [0, 0.05) is 51.7 Å². The van der Waals surface area contributed by atoms with Gasteiger partial charge in [-0.25, -0.2) is 0 Å². The zero-order valence-corrected chi connectivity index (χ0v) is 17.0. The SMILES string of the molecule is COc1ccccc1NC(=O)CCN1CC[C@@H](N2CCN(C)CC2)[C@H](C)C1. The monoisotopic (exact) mass is 374 g/mol. The average molecular weight is 375 g/mol. The fourth-order valence-electron chi connectivity index (χ4n) is 4.34. The molecule has 1 N–H and O–H groups in total. The van der Waals surface area contributed by atoms with E-state index in [1.807, 2.05) is 24.3 Å². The Balaban J connectivity index is 1.42. The number of piperazine rings is 1. The summed E-state index contributed by atoms with van der Waals surface area (Å²) in [5.41, 5.74) is 0.743. The summed E-state index contributed by atoms with van der Waals surface area (Å²) in [6.45, 7) is 10.1. The lowest BCUT2D eigenvalue weighted by molar-refractivity contribution is -0.116. The van der Waals surface area contributed by atoms with Crippen molar-refractivity contribution in [1.82, 2.24) is 14.7 Å². The lowest BCUT2D eigenvalue weighted by Crippen LogP contribution is -2.55. The van der Waals surface area contributed by atoms with Crippen molar-refractivity contribution in [1.29, 1.82) is 0 Å². The Morgan fingerprint density at radius 2 is 1.93 bits per heavy atom. The first kappa shape index (κ1) is 20.1. The highest BCUT2D eigenvalue weighted by atomic mass is 16.5. The fraction of sp³-hybridized carbons (Fsp3) is 0.667. The molecule has 2 fully saturated rings. The number of likely N-dealkylation sites (N-methyl/N-ethyl adjacent to an activating group) is 1. The second kappa shape index (κ2) is 9.53. The summed E-state index contributed by atoms with van der Waals surface area (Å²) in [7, 11) is 3.83. The molecule has 2 atom stereocenters. The molecule has 2 heterocycles. The highest BCUT2D eigenvalue weighted by Crippen LogP contribution is 2.25. The number of nitrogens with one attached hydrogen (secondary N) is 1. The van der Waals surface area contributed by atoms with E-state index in [1.54, 1.807) is 7.11 Å². The van der Waals surface area contributed by atoms with Gasteiger partial charge in [0.15, 0.2) is 0 Å². The van der Waals surface area contributed by atoms with Gasteiger partial charge in [-0.1, -0.05) is 19.1 Å². The van der Waals surface area contributed by atoms with Crippen molar-refractivity contribution in [3.05, 3.63) is 24.3 Å². The Morgan fingerprint density at radius 3 is 2.63 bits per heavy atom. The molecule has 0 bridgehead atoms. The van der Waals surface area contributed by atoms with Crippen LogP contribution < -0.4 is 10.1 Å². The summed E-state index contributed by atoms with van der Waals surface area (Å²) in [6.07, 6.45) is 1.73. The molecule has 0 unspecified atom stereocenters. The first-order chi connectivity index (χ1) is 13.1. The molecule has 6 nitrogen and oxygen atoms in total. The third-order valence-electron chi connectivity index (χ3n) is 5.99. The Labute approximate surface area is 163 Å². The lowest BCUT2D eigenvalue weighted by Gasteiger charge is -2.45. The minimum absolute atomic E-state index is 0.0494. The number of carbonyl (C=O) groups is 1. The van der Waals surface area contributed by atoms with Crippen LogP contribution in [0.25, 0.3) is 0 Å². The Bertz CT molecular complexity index is 616. The van der Waals surface area contributed by atoms with Gasteiger partial charge in [0.25, 0.3) is 0 Å². The third kappa shape index (κ3) is 5.43. The maximum Gasteiger partial charge on any atom is 0.225 e. The van der Waals surface area contributed by atoms with Gasteiger partial charge >= 0.3 is 0 Å². The second-order valence-electron chi connectivity index (χ2n) is 7.97. The van der Waals surface area contributed by atoms with Crippen molar-refractivity contribution in [2.45, 2.75) is 25.8 Å². The molecule has 0 spiro atoms. The molecule has 0 aromatic heterocycles. The molecule has 27 heavy (non-hydrogen) atoms. The number of rotatable bonds is 6. The smallest absolute Gasteiger partial charge is 0.225 e. The van der Waals surface area contributed by atoms with Crippen LogP contribution in [0.5, 0.6) is 5.75 Å². The van der Waals surface area contributed by atoms with Crippen LogP contribution in [0.2, 0.25) is 0 Å². The van der Waals surface area contributed by atoms with E-state index in [2.05, 4.69) is 34.0 Å². The molecule has 150 valence electrons. The number of hydrogen-bond acceptors (Lipinski definition) is 5. The number of benzene rings is 1. The number of likely N-dealkylation sites (tertiary alicyclic amines) is 1. The molecule has 1 aromatic carbocycles. The zero-order chi connectivity index (χ0) is 19.2. The van der Waals surface area contributed by atoms with Crippen molar-refractivity contribution in [2.75, 3.05) is 65.3 Å². The number of piperidine rings is 1. The minimum Gasteiger partial charge on any atom is -0.495 e. The van der Waals surface area contributed by atoms with Crippen LogP contribution in [0.4, 0.5) is 5.69 Å². The molecular formula is C21H34N4O2. The molecule has 1 amide bonds. The maximum absolute atomic E-state index is 12.3. The van der Waals surface area contributed by atoms with Crippen molar-refractivity contribution in [2.24, 2.45) is 5.92 Å². The van der Waals surface area contributed by atoms with Crippen LogP contribution in [-0.2, 0) is 4.79 Å². The van der Waals surface area contributed by atoms with Gasteiger partial charge in [-0.05, 0) is 38.1 Å². The van der Waals surface area contributed by atoms with Crippen molar-refractivity contribution < 1.29 is 9.53 Å². The summed E-state index contributed by atoms with van der Waals surface area (Å²) in [4.78, 5) is 19.9. The number of methoxy groups -OCH3 is 1. The summed E-state index contributed by atoms with van der Waals surface area (Å²) in [6, 6.07) is 8.24. The summed E-state index contributed by atoms with van der Waals surface area (Å²) >= 11 is 0. The number of ether oxygens (including phenoxy) is 1. The molecule has 0 saturated carbocycles. The van der Waals surface area contributed by atoms with E-state index in [1.165, 1.54) is 32.6 Å². The molecule has 2 aliphatic rings. The largest absolute Gasteiger partial charge is 0.495 e. The second-order valence-corrected chi connectivity index (χ2v) is 7.97. The van der Waals surface area contributed by atoms with Crippen molar-refractivity contribution in [3.8, 4) is 5.75 Å². The van der Waals surface area contributed by atoms with E-state index >= 15 is 0 Å². The Kier molecular flexibility index (Phi) is 7.10. The van der Waals surface area contributed by atoms with Crippen molar-refractivity contribution in [3.63, 3.8) is 0 Å². The minimum atomic E-state index is 0.0494. The molecule has 0 radical (unpaired) electrons. The molecule has 3 rings (SSSR count). The highest BCUT2D eigenvalue weighted by molar-refractivity contribution is 5.92. The zero-order valence-electron chi connectivity index (χ0n) is 17.0. The molecule has 6 heteroatoms. The van der Waals surface area contributed by atoms with Crippen molar-refractivity contribution >= 4 is 11.6 Å². The normalized spacial score (nSPS) is 25.3. The van der Waals surface area contributed by atoms with Crippen LogP contribution in [0.15, 0.2) is 24.3 Å². The van der Waals surface area contributed by atoms with Gasteiger partial charge in [0.1, 0.15) is 5.75 Å². The lowest BCUT2D eigenvalue weighted by atomic mass is 9.91. The molecule has 1 aromatic rings. The Hall–Kier alpha value is -1.63. The highest BCUT2D eigenvalue weighted by Gasteiger charge is 2.31. The van der Waals surface area contributed by atoms with E-state index in [0.717, 1.165) is 25.3 Å². The predicted octanol–water partition coefficient (Wildman–Crippen LogP) is 1.98. The number of para-hydroxylation sites is 2. The van der Waals surface area contributed by atoms with E-state index in [4.69, 9.17) is 4.74 Å². The molecule has 2 aliphatic heterocycles. The number of nitrogens with zero attached hydrogens (tertiary/aromatic N) is 3. The van der Waals surface area contributed by atoms with Gasteiger partial charge in [0.05, 0.1) is 12.8 Å². The standard InChI is InChI=1S/C21H34N4O2/c1-17-16-24(10-8-19(17)25-14-12-23(2)13-15-25)11-9-21(26)22-18-6-4-5-7-20(18)27-3/h4-7,17,19H,8-16H2,1-3H3,(H,22,26)/t17-,19-/m1/s1. The van der Waals surface area contributed by atoms with E-state index in [0.29, 0.717) is 24.1 Å². The number of anilines is 1. The fourth-order valence-corrected chi connectivity index (χ4v) is 4.34. The number of amides is 1. The average Bonchev–Trinajstić information content (AvgIpc) is 2.68. The summed E-state index contributed by atoms with van der Waals surface area (Å²) in [5, 5.41) is 2.97. The third-order valence-corrected chi connectivity index (χ3v) is 5.99. The summed E-state index contributed by atoms with van der Waals surface area (Å²) in [5.74, 6) is 1.40. The number of hydrogen-bond donors (Lipinski definition) is 1. The van der Waals surface area contributed by atoms with Crippen LogP contribution in [0, 0.1) is 5.92 Å². The van der Waals surface area contributed by atoms with Crippen LogP contribution in [0.1, 0.15) is 19.8 Å². The topological polar surface area (TPSA) is 48.1 Å². The Morgan fingerprint density at radius 1 is 1.19 bits per heavy atom. The molecule has 0 aliphatic carbocycles. The van der Waals surface area contributed by atoms with Crippen LogP contribution >= 0.6 is 0 Å². The molecule has 2 saturated heterocycles. The summed E-state index contributed by atoms with van der Waals surface area (Å²) < 4.78 is 5.30. The maximum atomic E-state index is 12.3. The predicted molar refractivity (Wildman–Crippen MR) is 109 cm³/mol. The quantitative estimate of drug-likeness (QED) is 0.825. The van der Waals surface area contributed by atoms with Gasteiger partial charge in [-0.3, -0.25) is 9.69 Å². The van der Waals surface area contributed by atoms with E-state index < -0.39 is 0 Å². The van der Waals surface area contributed by atoms with Gasteiger partial charge in [-0.15, -0.1) is 0 Å². The van der Waals surface area contributed by atoms with Gasteiger partial charge in [0.2, 0.25) is 5.91 Å². The van der Waals surface area contributed by atoms with Gasteiger partial charge < -0.3 is 19.9 Å². The van der Waals surface area contributed by atoms with E-state index in [9.17, 15) is 4.79 Å². The molecular weight excluding hydrogens is 340 g/mol. The van der Waals surface area contributed by atoms with Gasteiger partial charge in [-0.2, -0.15) is 0 Å².